The lowest BCUT2D eigenvalue weighted by Crippen LogP contribution is -2.25. The number of benzene rings is 3. The molecule has 0 aliphatic rings. The smallest absolute Gasteiger partial charge is 0.338 e. The minimum atomic E-state index is -0.743. The summed E-state index contributed by atoms with van der Waals surface area (Å²) < 4.78 is 34.5. The van der Waals surface area contributed by atoms with E-state index >= 15 is 0 Å². The van der Waals surface area contributed by atoms with Crippen LogP contribution in [0, 0.1) is 0 Å². The molecular weight excluding hydrogens is 664 g/mol. The van der Waals surface area contributed by atoms with Gasteiger partial charge in [-0.15, -0.1) is 0 Å². The normalized spacial score (nSPS) is 12.1. The molecule has 10 heteroatoms. The van der Waals surface area contributed by atoms with Gasteiger partial charge < -0.3 is 28.4 Å². The molecule has 0 aliphatic carbocycles. The van der Waals surface area contributed by atoms with Gasteiger partial charge in [-0.3, -0.25) is 0 Å². The Labute approximate surface area is 308 Å². The molecule has 0 heterocycles. The van der Waals surface area contributed by atoms with Crippen LogP contribution in [0.25, 0.3) is 0 Å². The molecule has 0 spiro atoms. The monoisotopic (exact) mass is 718 g/mol. The third-order valence-electron chi connectivity index (χ3n) is 6.68. The van der Waals surface area contributed by atoms with Crippen LogP contribution in [0.15, 0.2) is 54.6 Å². The van der Waals surface area contributed by atoms with Crippen molar-refractivity contribution >= 4 is 23.9 Å². The molecule has 0 atom stereocenters. The molecule has 0 unspecified atom stereocenters. The van der Waals surface area contributed by atoms with Crippen molar-refractivity contribution in [2.24, 2.45) is 0 Å². The quantitative estimate of drug-likeness (QED) is 0.140. The SMILES string of the molecule is CCc1cc(COc2cc(C(=O)OC(C)(C)C)cc(C(=O)OC(C)(C)C)c2)cc(COc2cc(C(=O)OC(C)(C)C)cc(C(=O)OC(C)(C)C)c2)c1. The van der Waals surface area contributed by atoms with Crippen LogP contribution in [-0.2, 0) is 38.6 Å². The van der Waals surface area contributed by atoms with Gasteiger partial charge >= 0.3 is 23.9 Å². The van der Waals surface area contributed by atoms with Gasteiger partial charge in [-0.1, -0.05) is 19.1 Å². The molecule has 0 saturated carbocycles. The predicted octanol–water partition coefficient (Wildman–Crippen LogP) is 9.23. The summed E-state index contributed by atoms with van der Waals surface area (Å²) in [6.45, 7) is 23.4. The largest absolute Gasteiger partial charge is 0.489 e. The van der Waals surface area contributed by atoms with Crippen LogP contribution in [0.2, 0.25) is 0 Å². The van der Waals surface area contributed by atoms with E-state index in [1.807, 2.05) is 25.1 Å². The molecule has 0 bridgehead atoms. The van der Waals surface area contributed by atoms with Gasteiger partial charge in [-0.25, -0.2) is 19.2 Å². The average molecular weight is 719 g/mol. The molecule has 0 aromatic heterocycles. The third kappa shape index (κ3) is 14.0. The highest BCUT2D eigenvalue weighted by molar-refractivity contribution is 5.97. The maximum absolute atomic E-state index is 13.0. The lowest BCUT2D eigenvalue weighted by molar-refractivity contribution is 0.00457. The summed E-state index contributed by atoms with van der Waals surface area (Å²) in [5, 5.41) is 0. The van der Waals surface area contributed by atoms with E-state index in [0.717, 1.165) is 23.1 Å². The fourth-order valence-electron chi connectivity index (χ4n) is 4.73. The second kappa shape index (κ2) is 16.2. The molecule has 10 nitrogen and oxygen atoms in total. The zero-order chi connectivity index (χ0) is 39.2. The van der Waals surface area contributed by atoms with Crippen molar-refractivity contribution in [2.45, 2.75) is 132 Å². The van der Waals surface area contributed by atoms with Crippen molar-refractivity contribution in [2.75, 3.05) is 0 Å². The highest BCUT2D eigenvalue weighted by atomic mass is 16.6. The van der Waals surface area contributed by atoms with Crippen LogP contribution >= 0.6 is 0 Å². The van der Waals surface area contributed by atoms with Crippen LogP contribution in [0.5, 0.6) is 11.5 Å². The maximum atomic E-state index is 13.0. The Hall–Kier alpha value is -4.86. The minimum Gasteiger partial charge on any atom is -0.489 e. The zero-order valence-electron chi connectivity index (χ0n) is 32.9. The van der Waals surface area contributed by atoms with Gasteiger partial charge in [0, 0.05) is 0 Å². The van der Waals surface area contributed by atoms with Crippen molar-refractivity contribution in [3.05, 3.63) is 93.5 Å². The van der Waals surface area contributed by atoms with Gasteiger partial charge in [0.05, 0.1) is 22.3 Å². The summed E-state index contributed by atoms with van der Waals surface area (Å²) in [5.74, 6) is -1.81. The van der Waals surface area contributed by atoms with Gasteiger partial charge in [0.15, 0.2) is 0 Å². The van der Waals surface area contributed by atoms with Crippen LogP contribution in [0.3, 0.4) is 0 Å². The number of esters is 4. The second-order valence-electron chi connectivity index (χ2n) is 16.6. The van der Waals surface area contributed by atoms with Gasteiger partial charge in [-0.05, 0) is 149 Å². The lowest BCUT2D eigenvalue weighted by atomic mass is 10.0. The molecule has 0 radical (unpaired) electrons. The standard InChI is InChI=1S/C42H54O10/c1-14-26-15-27(24-47-33-20-29(35(43)49-39(2,3)4)18-30(21-33)36(44)50-40(5,6)7)17-28(16-26)25-48-34-22-31(37(45)51-41(8,9)10)19-32(23-34)38(46)52-42(11,12)13/h15-23H,14,24-25H2,1-13H3. The molecule has 52 heavy (non-hydrogen) atoms. The average Bonchev–Trinajstić information content (AvgIpc) is 2.99. The molecule has 0 saturated heterocycles. The Balaban J connectivity index is 1.90. The zero-order valence-corrected chi connectivity index (χ0v) is 32.9. The van der Waals surface area contributed by atoms with Crippen molar-refractivity contribution in [1.29, 1.82) is 0 Å². The van der Waals surface area contributed by atoms with Crippen molar-refractivity contribution in [3.8, 4) is 11.5 Å². The van der Waals surface area contributed by atoms with E-state index in [0.29, 0.717) is 0 Å². The Morgan fingerprint density at radius 1 is 0.404 bits per heavy atom. The number of rotatable bonds is 11. The first-order chi connectivity index (χ1) is 23.8. The van der Waals surface area contributed by atoms with E-state index in [4.69, 9.17) is 28.4 Å². The Morgan fingerprint density at radius 2 is 0.654 bits per heavy atom. The minimum absolute atomic E-state index is 0.114. The number of hydrogen-bond acceptors (Lipinski definition) is 10. The highest BCUT2D eigenvalue weighted by Gasteiger charge is 2.25. The summed E-state index contributed by atoms with van der Waals surface area (Å²) in [5.41, 5.74) is 0.310. The van der Waals surface area contributed by atoms with Gasteiger partial charge in [0.25, 0.3) is 0 Å². The summed E-state index contributed by atoms with van der Waals surface area (Å²) in [7, 11) is 0. The third-order valence-corrected chi connectivity index (χ3v) is 6.68. The molecule has 3 rings (SSSR count). The number of aryl methyl sites for hydroxylation is 1. The van der Waals surface area contributed by atoms with E-state index in [1.165, 1.54) is 36.4 Å². The van der Waals surface area contributed by atoms with E-state index in [-0.39, 0.29) is 47.0 Å². The first-order valence-electron chi connectivity index (χ1n) is 17.4. The fraction of sp³-hybridized carbons (Fsp3) is 0.476. The molecular formula is C42H54O10. The number of ether oxygens (including phenoxy) is 6. The summed E-state index contributed by atoms with van der Waals surface area (Å²) in [6.07, 6.45) is 0.731. The van der Waals surface area contributed by atoms with E-state index in [1.54, 1.807) is 83.1 Å². The van der Waals surface area contributed by atoms with Crippen molar-refractivity contribution < 1.29 is 47.6 Å². The number of carbonyl (C=O) groups excluding carboxylic acids is 4. The molecule has 0 N–H and O–H groups in total. The number of carbonyl (C=O) groups is 4. The van der Waals surface area contributed by atoms with Crippen LogP contribution < -0.4 is 9.47 Å². The van der Waals surface area contributed by atoms with E-state index in [2.05, 4.69) is 0 Å². The molecule has 0 aliphatic heterocycles. The van der Waals surface area contributed by atoms with Crippen LogP contribution in [-0.4, -0.2) is 46.3 Å². The first kappa shape index (κ1) is 41.6. The van der Waals surface area contributed by atoms with Crippen molar-refractivity contribution in [1.82, 2.24) is 0 Å². The number of hydrogen-bond donors (Lipinski definition) is 0. The van der Waals surface area contributed by atoms with E-state index in [9.17, 15) is 19.2 Å². The molecule has 3 aromatic rings. The fourth-order valence-corrected chi connectivity index (χ4v) is 4.73. The Morgan fingerprint density at radius 3 is 0.885 bits per heavy atom. The van der Waals surface area contributed by atoms with Crippen LogP contribution in [0.4, 0.5) is 0 Å². The van der Waals surface area contributed by atoms with Gasteiger partial charge in [-0.2, -0.15) is 0 Å². The second-order valence-corrected chi connectivity index (χ2v) is 16.6. The highest BCUT2D eigenvalue weighted by Crippen LogP contribution is 2.26. The van der Waals surface area contributed by atoms with Crippen LogP contribution in [0.1, 0.15) is 148 Å². The first-order valence-corrected chi connectivity index (χ1v) is 17.4. The summed E-state index contributed by atoms with van der Waals surface area (Å²) in [6, 6.07) is 14.9. The van der Waals surface area contributed by atoms with Gasteiger partial charge in [0.2, 0.25) is 0 Å². The summed E-state index contributed by atoms with van der Waals surface area (Å²) >= 11 is 0. The predicted molar refractivity (Wildman–Crippen MR) is 198 cm³/mol. The molecule has 282 valence electrons. The molecule has 0 amide bonds. The lowest BCUT2D eigenvalue weighted by Gasteiger charge is -2.21. The Bertz CT molecular complexity index is 1560. The maximum Gasteiger partial charge on any atom is 0.338 e. The van der Waals surface area contributed by atoms with Gasteiger partial charge in [0.1, 0.15) is 47.1 Å². The van der Waals surface area contributed by atoms with E-state index < -0.39 is 46.3 Å². The topological polar surface area (TPSA) is 124 Å². The molecule has 3 aromatic carbocycles. The van der Waals surface area contributed by atoms with Crippen molar-refractivity contribution in [3.63, 3.8) is 0 Å². The Kier molecular flexibility index (Phi) is 13.0. The molecule has 0 fully saturated rings. The summed E-state index contributed by atoms with van der Waals surface area (Å²) in [4.78, 5) is 52.0.